The van der Waals surface area contributed by atoms with Crippen molar-refractivity contribution in [3.05, 3.63) is 108 Å². The number of hydrogen-bond acceptors (Lipinski definition) is 1. The molecule has 1 aliphatic heterocycles. The summed E-state index contributed by atoms with van der Waals surface area (Å²) in [6.45, 7) is 0. The molecule has 1 unspecified atom stereocenters. The molecule has 1 atom stereocenters. The molecule has 0 bridgehead atoms. The zero-order valence-electron chi connectivity index (χ0n) is 15.4. The number of fused-ring (bicyclic) bond motifs is 2. The number of hydrogen-bond donors (Lipinski definition) is 1. The van der Waals surface area contributed by atoms with Crippen LogP contribution in [0.1, 0.15) is 22.7 Å². The molecule has 4 aromatic rings. The average molecular weight is 364 g/mol. The lowest BCUT2D eigenvalue weighted by atomic mass is 10.0. The van der Waals surface area contributed by atoms with Gasteiger partial charge in [-0.2, -0.15) is 0 Å². The number of nitrogens with one attached hydrogen (secondary N) is 1. The van der Waals surface area contributed by atoms with E-state index in [0.29, 0.717) is 0 Å². The highest BCUT2D eigenvalue weighted by atomic mass is 16.2. The van der Waals surface area contributed by atoms with Gasteiger partial charge >= 0.3 is 0 Å². The van der Waals surface area contributed by atoms with Gasteiger partial charge in [0.2, 0.25) is 0 Å². The van der Waals surface area contributed by atoms with E-state index < -0.39 is 0 Å². The number of aromatic amines is 1. The number of nitrogens with zero attached hydrogens (tertiary/aromatic N) is 1. The van der Waals surface area contributed by atoms with E-state index >= 15 is 0 Å². The first-order chi connectivity index (χ1) is 13.8. The number of rotatable bonds is 3. The van der Waals surface area contributed by atoms with Crippen LogP contribution in [0.2, 0.25) is 0 Å². The quantitative estimate of drug-likeness (QED) is 0.478. The second kappa shape index (κ2) is 6.86. The van der Waals surface area contributed by atoms with Crippen LogP contribution >= 0.6 is 0 Å². The van der Waals surface area contributed by atoms with Gasteiger partial charge in [-0.1, -0.05) is 66.7 Å². The van der Waals surface area contributed by atoms with Crippen LogP contribution in [0, 0.1) is 0 Å². The maximum absolute atomic E-state index is 13.3. The Bertz CT molecular complexity index is 1170. The summed E-state index contributed by atoms with van der Waals surface area (Å²) in [5, 5.41) is 1.17. The number of para-hydroxylation sites is 2. The normalized spacial score (nSPS) is 16.0. The van der Waals surface area contributed by atoms with Crippen molar-refractivity contribution in [1.29, 1.82) is 0 Å². The summed E-state index contributed by atoms with van der Waals surface area (Å²) >= 11 is 0. The molecule has 1 aliphatic rings. The highest BCUT2D eigenvalue weighted by molar-refractivity contribution is 6.06. The second-order valence-electron chi connectivity index (χ2n) is 7.09. The number of carbonyl (C=O) groups excluding carboxylic acids is 1. The lowest BCUT2D eigenvalue weighted by Gasteiger charge is -2.24. The van der Waals surface area contributed by atoms with Crippen molar-refractivity contribution in [3.63, 3.8) is 0 Å². The monoisotopic (exact) mass is 364 g/mol. The number of H-pyrrole nitrogens is 1. The van der Waals surface area contributed by atoms with E-state index in [9.17, 15) is 4.79 Å². The largest absolute Gasteiger partial charge is 0.361 e. The molecule has 0 spiro atoms. The standard InChI is InChI=1S/C25H20N2O/c28-25(15-14-18-8-2-1-3-9-18)27-23-13-7-4-10-19(23)16-24(27)21-17-26-22-12-6-5-11-20(21)22/h1-15,17,24,26H,16H2/b15-14-. The molecule has 5 rings (SSSR count). The van der Waals surface area contributed by atoms with E-state index in [2.05, 4.69) is 23.2 Å². The number of carbonyl (C=O) groups is 1. The van der Waals surface area contributed by atoms with Gasteiger partial charge in [0.25, 0.3) is 5.91 Å². The van der Waals surface area contributed by atoms with Gasteiger partial charge < -0.3 is 9.88 Å². The molecular weight excluding hydrogens is 344 g/mol. The van der Waals surface area contributed by atoms with E-state index in [4.69, 9.17) is 0 Å². The van der Waals surface area contributed by atoms with Gasteiger partial charge in [-0.15, -0.1) is 0 Å². The summed E-state index contributed by atoms with van der Waals surface area (Å²) in [5.41, 5.74) is 5.49. The molecule has 0 saturated carbocycles. The van der Waals surface area contributed by atoms with E-state index in [1.807, 2.05) is 77.8 Å². The lowest BCUT2D eigenvalue weighted by Crippen LogP contribution is -2.30. The van der Waals surface area contributed by atoms with Gasteiger partial charge in [-0.25, -0.2) is 0 Å². The number of aromatic nitrogens is 1. The van der Waals surface area contributed by atoms with Crippen molar-refractivity contribution in [2.24, 2.45) is 0 Å². The Kier molecular flexibility index (Phi) is 4.06. The minimum atomic E-state index is -0.0125. The first kappa shape index (κ1) is 16.6. The third-order valence-electron chi connectivity index (χ3n) is 5.41. The molecule has 1 aromatic heterocycles. The maximum Gasteiger partial charge on any atom is 0.251 e. The zero-order valence-corrected chi connectivity index (χ0v) is 15.4. The number of amides is 1. The Morgan fingerprint density at radius 3 is 2.57 bits per heavy atom. The molecule has 0 radical (unpaired) electrons. The number of benzene rings is 3. The first-order valence-electron chi connectivity index (χ1n) is 9.51. The minimum Gasteiger partial charge on any atom is -0.361 e. The van der Waals surface area contributed by atoms with E-state index in [1.165, 1.54) is 10.9 Å². The molecule has 3 heteroatoms. The molecule has 1 N–H and O–H groups in total. The Hall–Kier alpha value is -3.59. The lowest BCUT2D eigenvalue weighted by molar-refractivity contribution is -0.114. The predicted octanol–water partition coefficient (Wildman–Crippen LogP) is 5.51. The van der Waals surface area contributed by atoms with Crippen LogP contribution in [-0.4, -0.2) is 10.9 Å². The molecule has 3 aromatic carbocycles. The van der Waals surface area contributed by atoms with Gasteiger partial charge in [0.15, 0.2) is 0 Å². The molecule has 2 heterocycles. The van der Waals surface area contributed by atoms with Gasteiger partial charge in [0, 0.05) is 34.4 Å². The van der Waals surface area contributed by atoms with E-state index in [-0.39, 0.29) is 11.9 Å². The number of anilines is 1. The van der Waals surface area contributed by atoms with Crippen molar-refractivity contribution >= 4 is 28.6 Å². The van der Waals surface area contributed by atoms with Crippen LogP contribution in [-0.2, 0) is 11.2 Å². The highest BCUT2D eigenvalue weighted by Crippen LogP contribution is 2.42. The van der Waals surface area contributed by atoms with Crippen molar-refractivity contribution in [1.82, 2.24) is 4.98 Å². The molecule has 0 aliphatic carbocycles. The third-order valence-corrected chi connectivity index (χ3v) is 5.41. The smallest absolute Gasteiger partial charge is 0.251 e. The van der Waals surface area contributed by atoms with Gasteiger partial charge in [-0.3, -0.25) is 4.79 Å². The summed E-state index contributed by atoms with van der Waals surface area (Å²) < 4.78 is 0. The molecule has 136 valence electrons. The fraction of sp³-hybridized carbons (Fsp3) is 0.0800. The average Bonchev–Trinajstić information content (AvgIpc) is 3.34. The molecule has 28 heavy (non-hydrogen) atoms. The molecule has 3 nitrogen and oxygen atoms in total. The van der Waals surface area contributed by atoms with Crippen LogP contribution in [0.15, 0.2) is 91.1 Å². The van der Waals surface area contributed by atoms with Gasteiger partial charge in [0.05, 0.1) is 6.04 Å². The van der Waals surface area contributed by atoms with Crippen LogP contribution in [0.3, 0.4) is 0 Å². The summed E-state index contributed by atoms with van der Waals surface area (Å²) in [5.74, 6) is 0.00378. The highest BCUT2D eigenvalue weighted by Gasteiger charge is 2.34. The van der Waals surface area contributed by atoms with E-state index in [1.54, 1.807) is 6.08 Å². The van der Waals surface area contributed by atoms with Crippen LogP contribution in [0.5, 0.6) is 0 Å². The Morgan fingerprint density at radius 2 is 1.68 bits per heavy atom. The molecule has 0 saturated heterocycles. The van der Waals surface area contributed by atoms with Crippen LogP contribution in [0.4, 0.5) is 5.69 Å². The fourth-order valence-electron chi connectivity index (χ4n) is 4.09. The second-order valence-corrected chi connectivity index (χ2v) is 7.09. The summed E-state index contributed by atoms with van der Waals surface area (Å²) in [6, 6.07) is 26.4. The van der Waals surface area contributed by atoms with Gasteiger partial charge in [0.1, 0.15) is 0 Å². The SMILES string of the molecule is O=C(/C=C\c1ccccc1)N1c2ccccc2CC1c1c[nH]c2ccccc12. The van der Waals surface area contributed by atoms with Crippen LogP contribution in [0.25, 0.3) is 17.0 Å². The van der Waals surface area contributed by atoms with Crippen molar-refractivity contribution < 1.29 is 4.79 Å². The van der Waals surface area contributed by atoms with E-state index in [0.717, 1.165) is 28.8 Å². The Labute approximate surface area is 163 Å². The summed E-state index contributed by atoms with van der Waals surface area (Å²) in [7, 11) is 0. The third kappa shape index (κ3) is 2.81. The molecule has 0 fully saturated rings. The van der Waals surface area contributed by atoms with Gasteiger partial charge in [-0.05, 0) is 35.8 Å². The Morgan fingerprint density at radius 1 is 0.929 bits per heavy atom. The first-order valence-corrected chi connectivity index (χ1v) is 9.51. The zero-order chi connectivity index (χ0) is 18.9. The topological polar surface area (TPSA) is 36.1 Å². The Balaban J connectivity index is 1.55. The maximum atomic E-state index is 13.3. The fourth-order valence-corrected chi connectivity index (χ4v) is 4.09. The summed E-state index contributed by atoms with van der Waals surface area (Å²) in [4.78, 5) is 18.5. The van der Waals surface area contributed by atoms with Crippen molar-refractivity contribution in [2.45, 2.75) is 12.5 Å². The predicted molar refractivity (Wildman–Crippen MR) is 114 cm³/mol. The molecular formula is C25H20N2O. The minimum absolute atomic E-state index is 0.00378. The van der Waals surface area contributed by atoms with Crippen LogP contribution < -0.4 is 4.90 Å². The molecule has 1 amide bonds. The summed E-state index contributed by atoms with van der Waals surface area (Å²) in [6.07, 6.45) is 6.43. The van der Waals surface area contributed by atoms with Crippen molar-refractivity contribution in [3.8, 4) is 0 Å². The van der Waals surface area contributed by atoms with Crippen molar-refractivity contribution in [2.75, 3.05) is 4.90 Å².